The first kappa shape index (κ1) is 11.9. The molecule has 0 amide bonds. The summed E-state index contributed by atoms with van der Waals surface area (Å²) in [5, 5.41) is -0.00917. The minimum atomic E-state index is -0.782. The number of halogens is 3. The Morgan fingerprint density at radius 2 is 1.88 bits per heavy atom. The van der Waals surface area contributed by atoms with Crippen LogP contribution >= 0.6 is 23.2 Å². The van der Waals surface area contributed by atoms with Crippen LogP contribution in [0.15, 0.2) is 33.9 Å². The zero-order valence-corrected chi connectivity index (χ0v) is 9.72. The van der Waals surface area contributed by atoms with Gasteiger partial charge in [-0.05, 0) is 18.2 Å². The van der Waals surface area contributed by atoms with Gasteiger partial charge in [0.25, 0.3) is 5.56 Å². The minimum absolute atomic E-state index is 0.0328. The third kappa shape index (κ3) is 2.25. The molecule has 0 saturated carbocycles. The number of nitrogens with zero attached hydrogens (tertiary/aromatic N) is 1. The Morgan fingerprint density at radius 1 is 1.18 bits per heavy atom. The van der Waals surface area contributed by atoms with Crippen LogP contribution < -0.4 is 11.2 Å². The van der Waals surface area contributed by atoms with Gasteiger partial charge in [0.05, 0.1) is 10.7 Å². The number of hydrogen-bond donors (Lipinski definition) is 1. The molecule has 0 spiro atoms. The Kier molecular flexibility index (Phi) is 3.04. The number of H-pyrrole nitrogens is 1. The molecule has 1 aromatic carbocycles. The second-order valence-electron chi connectivity index (χ2n) is 3.19. The lowest BCUT2D eigenvalue weighted by Gasteiger charge is -2.06. The average Bonchev–Trinajstić information content (AvgIpc) is 2.21. The highest BCUT2D eigenvalue weighted by Gasteiger charge is 2.10. The topological polar surface area (TPSA) is 54.9 Å². The Bertz CT molecular complexity index is 662. The lowest BCUT2D eigenvalue weighted by molar-refractivity contribution is 0.626. The molecule has 0 bridgehead atoms. The van der Waals surface area contributed by atoms with Crippen molar-refractivity contribution in [2.75, 3.05) is 0 Å². The smallest absolute Gasteiger partial charge is 0.297 e. The molecule has 1 heterocycles. The fraction of sp³-hybridized carbons (Fsp3) is 0. The number of hydrogen-bond acceptors (Lipinski definition) is 2. The number of aromatic nitrogens is 2. The zero-order chi connectivity index (χ0) is 12.6. The summed E-state index contributed by atoms with van der Waals surface area (Å²) < 4.78 is 13.8. The first-order valence-corrected chi connectivity index (χ1v) is 5.22. The first-order chi connectivity index (χ1) is 7.99. The van der Waals surface area contributed by atoms with Crippen LogP contribution in [0.4, 0.5) is 4.39 Å². The number of aromatic amines is 1. The van der Waals surface area contributed by atoms with Gasteiger partial charge < -0.3 is 0 Å². The minimum Gasteiger partial charge on any atom is -0.297 e. The van der Waals surface area contributed by atoms with Gasteiger partial charge >= 0.3 is 5.69 Å². The van der Waals surface area contributed by atoms with Crippen LogP contribution in [0.1, 0.15) is 0 Å². The van der Waals surface area contributed by atoms with Gasteiger partial charge in [0.2, 0.25) is 0 Å². The van der Waals surface area contributed by atoms with E-state index in [2.05, 4.69) is 4.98 Å². The fourth-order valence-corrected chi connectivity index (χ4v) is 1.73. The molecule has 0 unspecified atom stereocenters. The van der Waals surface area contributed by atoms with Gasteiger partial charge in [-0.3, -0.25) is 9.78 Å². The summed E-state index contributed by atoms with van der Waals surface area (Å²) in [5.41, 5.74) is -1.50. The molecule has 1 aromatic heterocycles. The van der Waals surface area contributed by atoms with Crippen LogP contribution in [0.2, 0.25) is 10.2 Å². The van der Waals surface area contributed by atoms with Gasteiger partial charge in [-0.15, -0.1) is 0 Å². The third-order valence-corrected chi connectivity index (χ3v) is 2.57. The molecule has 7 heteroatoms. The number of benzene rings is 1. The summed E-state index contributed by atoms with van der Waals surface area (Å²) in [6, 6.07) is 4.38. The normalized spacial score (nSPS) is 10.5. The van der Waals surface area contributed by atoms with E-state index in [4.69, 9.17) is 23.2 Å². The largest absolute Gasteiger partial charge is 0.334 e. The monoisotopic (exact) mass is 274 g/mol. The maximum Gasteiger partial charge on any atom is 0.334 e. The molecule has 0 radical (unpaired) electrons. The van der Waals surface area contributed by atoms with E-state index in [0.717, 1.165) is 18.2 Å². The van der Waals surface area contributed by atoms with Crippen LogP contribution in [0.5, 0.6) is 0 Å². The lowest BCUT2D eigenvalue weighted by Crippen LogP contribution is -2.33. The molecule has 2 aromatic rings. The van der Waals surface area contributed by atoms with Crippen molar-refractivity contribution in [3.8, 4) is 5.69 Å². The summed E-state index contributed by atoms with van der Waals surface area (Å²) >= 11 is 11.3. The number of nitrogens with one attached hydrogen (secondary N) is 1. The average molecular weight is 275 g/mol. The van der Waals surface area contributed by atoms with E-state index in [0.29, 0.717) is 4.57 Å². The van der Waals surface area contributed by atoms with E-state index >= 15 is 0 Å². The summed E-state index contributed by atoms with van der Waals surface area (Å²) in [5.74, 6) is -0.606. The van der Waals surface area contributed by atoms with Gasteiger partial charge in [-0.2, -0.15) is 0 Å². The van der Waals surface area contributed by atoms with Crippen molar-refractivity contribution in [2.24, 2.45) is 0 Å². The highest BCUT2D eigenvalue weighted by atomic mass is 35.5. The van der Waals surface area contributed by atoms with E-state index in [-0.39, 0.29) is 15.9 Å². The summed E-state index contributed by atoms with van der Waals surface area (Å²) in [6.45, 7) is 0. The first-order valence-electron chi connectivity index (χ1n) is 4.46. The van der Waals surface area contributed by atoms with Crippen molar-refractivity contribution < 1.29 is 4.39 Å². The van der Waals surface area contributed by atoms with Crippen molar-refractivity contribution in [3.63, 3.8) is 0 Å². The van der Waals surface area contributed by atoms with E-state index < -0.39 is 17.1 Å². The van der Waals surface area contributed by atoms with Crippen LogP contribution in [-0.2, 0) is 0 Å². The summed E-state index contributed by atoms with van der Waals surface area (Å²) in [7, 11) is 0. The molecule has 88 valence electrons. The second kappa shape index (κ2) is 4.35. The Labute approximate surface area is 104 Å². The van der Waals surface area contributed by atoms with Crippen molar-refractivity contribution in [3.05, 3.63) is 61.1 Å². The van der Waals surface area contributed by atoms with E-state index in [1.165, 1.54) is 6.07 Å². The molecule has 0 fully saturated rings. The summed E-state index contributed by atoms with van der Waals surface area (Å²) in [6.07, 6.45) is 0. The predicted molar refractivity (Wildman–Crippen MR) is 62.6 cm³/mol. The van der Waals surface area contributed by atoms with Gasteiger partial charge in [-0.25, -0.2) is 13.8 Å². The molecule has 0 aliphatic rings. The molecular formula is C10H5Cl2FN2O2. The predicted octanol–water partition coefficient (Wildman–Crippen LogP) is 1.97. The van der Waals surface area contributed by atoms with Crippen molar-refractivity contribution >= 4 is 23.2 Å². The Morgan fingerprint density at radius 3 is 2.53 bits per heavy atom. The van der Waals surface area contributed by atoms with Crippen molar-refractivity contribution in [2.45, 2.75) is 0 Å². The summed E-state index contributed by atoms with van der Waals surface area (Å²) in [4.78, 5) is 25.4. The van der Waals surface area contributed by atoms with Crippen LogP contribution in [0, 0.1) is 5.82 Å². The molecule has 0 aliphatic heterocycles. The maximum atomic E-state index is 13.1. The van der Waals surface area contributed by atoms with Crippen LogP contribution in [0.3, 0.4) is 0 Å². The van der Waals surface area contributed by atoms with Gasteiger partial charge in [0.1, 0.15) is 11.0 Å². The fourth-order valence-electron chi connectivity index (χ4n) is 1.35. The lowest BCUT2D eigenvalue weighted by atomic mass is 10.3. The molecule has 0 atom stereocenters. The molecule has 0 saturated heterocycles. The van der Waals surface area contributed by atoms with Gasteiger partial charge in [-0.1, -0.05) is 23.2 Å². The molecule has 17 heavy (non-hydrogen) atoms. The second-order valence-corrected chi connectivity index (χ2v) is 4.01. The standard InChI is InChI=1S/C10H5Cl2FN2O2/c11-6-2-1-5(13)3-7(6)15-9(16)4-8(12)14-10(15)17/h1-4H,(H,14,17). The quantitative estimate of drug-likeness (QED) is 0.809. The molecule has 1 N–H and O–H groups in total. The third-order valence-electron chi connectivity index (χ3n) is 2.05. The molecule has 0 aliphatic carbocycles. The Hall–Kier alpha value is -1.59. The SMILES string of the molecule is O=c1cc(Cl)[nH]c(=O)n1-c1cc(F)ccc1Cl. The highest BCUT2D eigenvalue weighted by Crippen LogP contribution is 2.18. The highest BCUT2D eigenvalue weighted by molar-refractivity contribution is 6.32. The van der Waals surface area contributed by atoms with Gasteiger partial charge in [0.15, 0.2) is 0 Å². The van der Waals surface area contributed by atoms with E-state index in [1.54, 1.807) is 0 Å². The van der Waals surface area contributed by atoms with Gasteiger partial charge in [0, 0.05) is 6.07 Å². The molecule has 4 nitrogen and oxygen atoms in total. The number of rotatable bonds is 1. The van der Waals surface area contributed by atoms with E-state index in [1.807, 2.05) is 0 Å². The van der Waals surface area contributed by atoms with Crippen LogP contribution in [-0.4, -0.2) is 9.55 Å². The van der Waals surface area contributed by atoms with Crippen molar-refractivity contribution in [1.29, 1.82) is 0 Å². The van der Waals surface area contributed by atoms with E-state index in [9.17, 15) is 14.0 Å². The zero-order valence-electron chi connectivity index (χ0n) is 8.21. The maximum absolute atomic E-state index is 13.1. The van der Waals surface area contributed by atoms with Crippen molar-refractivity contribution in [1.82, 2.24) is 9.55 Å². The Balaban J connectivity index is 2.82. The van der Waals surface area contributed by atoms with Crippen LogP contribution in [0.25, 0.3) is 5.69 Å². The molecule has 2 rings (SSSR count). The molecular weight excluding hydrogens is 270 g/mol.